The van der Waals surface area contributed by atoms with Crippen molar-refractivity contribution in [1.29, 1.82) is 0 Å². The van der Waals surface area contributed by atoms with Gasteiger partial charge < -0.3 is 4.74 Å². The summed E-state index contributed by atoms with van der Waals surface area (Å²) in [4.78, 5) is 20.6. The number of rotatable bonds is 5. The summed E-state index contributed by atoms with van der Waals surface area (Å²) >= 11 is 7.40. The molecule has 0 unspecified atom stereocenters. The molecular weight excluding hydrogens is 296 g/mol. The first-order chi connectivity index (χ1) is 9.62. The zero-order chi connectivity index (χ0) is 14.5. The van der Waals surface area contributed by atoms with Crippen molar-refractivity contribution in [2.75, 3.05) is 13.4 Å². The molecule has 0 amide bonds. The number of hydrogen-bond acceptors (Lipinski definition) is 5. The molecule has 20 heavy (non-hydrogen) atoms. The van der Waals surface area contributed by atoms with Crippen LogP contribution in [-0.4, -0.2) is 29.1 Å². The van der Waals surface area contributed by atoms with Crippen molar-refractivity contribution < 1.29 is 9.53 Å². The van der Waals surface area contributed by atoms with Crippen LogP contribution in [0.1, 0.15) is 16.1 Å². The van der Waals surface area contributed by atoms with E-state index in [4.69, 9.17) is 16.3 Å². The van der Waals surface area contributed by atoms with Crippen LogP contribution in [0.15, 0.2) is 35.6 Å². The van der Waals surface area contributed by atoms with Crippen molar-refractivity contribution >= 4 is 29.1 Å². The zero-order valence-electron chi connectivity index (χ0n) is 11.1. The normalized spacial score (nSPS) is 10.3. The Morgan fingerprint density at radius 3 is 2.90 bits per heavy atom. The molecule has 0 aliphatic heterocycles. The van der Waals surface area contributed by atoms with Crippen molar-refractivity contribution in [3.8, 4) is 5.75 Å². The SMILES string of the molecule is COc1cc(Cl)cc(C(=O)Cc2ccnc(SC)n2)c1. The third-order valence-electron chi connectivity index (χ3n) is 2.64. The molecule has 104 valence electrons. The lowest BCUT2D eigenvalue weighted by Gasteiger charge is -2.05. The highest BCUT2D eigenvalue weighted by molar-refractivity contribution is 7.98. The molecule has 6 heteroatoms. The van der Waals surface area contributed by atoms with Crippen LogP contribution in [0.3, 0.4) is 0 Å². The van der Waals surface area contributed by atoms with Crippen LogP contribution in [0.2, 0.25) is 5.02 Å². The topological polar surface area (TPSA) is 52.1 Å². The molecule has 2 aromatic rings. The van der Waals surface area contributed by atoms with E-state index in [-0.39, 0.29) is 12.2 Å². The van der Waals surface area contributed by atoms with Crippen LogP contribution in [0, 0.1) is 0 Å². The third kappa shape index (κ3) is 3.71. The highest BCUT2D eigenvalue weighted by Crippen LogP contribution is 2.22. The predicted molar refractivity (Wildman–Crippen MR) is 79.9 cm³/mol. The number of ether oxygens (including phenoxy) is 1. The van der Waals surface area contributed by atoms with E-state index < -0.39 is 0 Å². The summed E-state index contributed by atoms with van der Waals surface area (Å²) in [5.41, 5.74) is 1.20. The van der Waals surface area contributed by atoms with E-state index in [1.54, 1.807) is 30.5 Å². The van der Waals surface area contributed by atoms with Gasteiger partial charge >= 0.3 is 0 Å². The van der Waals surface area contributed by atoms with E-state index in [1.165, 1.54) is 18.9 Å². The van der Waals surface area contributed by atoms with Crippen molar-refractivity contribution in [3.63, 3.8) is 0 Å². The summed E-state index contributed by atoms with van der Waals surface area (Å²) in [6.07, 6.45) is 3.75. The van der Waals surface area contributed by atoms with Crippen molar-refractivity contribution in [1.82, 2.24) is 9.97 Å². The second-order valence-corrected chi connectivity index (χ2v) is 5.22. The zero-order valence-corrected chi connectivity index (χ0v) is 12.7. The molecule has 0 saturated carbocycles. The summed E-state index contributed by atoms with van der Waals surface area (Å²) in [6.45, 7) is 0. The molecule has 0 saturated heterocycles. The standard InChI is InChI=1S/C14H13ClN2O2S/c1-19-12-6-9(5-10(15)7-12)13(18)8-11-3-4-16-14(17-11)20-2/h3-7H,8H2,1-2H3. The van der Waals surface area contributed by atoms with E-state index in [2.05, 4.69) is 9.97 Å². The minimum Gasteiger partial charge on any atom is -0.497 e. The molecule has 0 N–H and O–H groups in total. The number of benzene rings is 1. The first-order valence-electron chi connectivity index (χ1n) is 5.86. The summed E-state index contributed by atoms with van der Waals surface area (Å²) in [7, 11) is 1.54. The maximum absolute atomic E-state index is 12.3. The monoisotopic (exact) mass is 308 g/mol. The largest absolute Gasteiger partial charge is 0.497 e. The van der Waals surface area contributed by atoms with E-state index >= 15 is 0 Å². The van der Waals surface area contributed by atoms with E-state index in [0.717, 1.165) is 0 Å². The van der Waals surface area contributed by atoms with Crippen LogP contribution in [0.4, 0.5) is 0 Å². The van der Waals surface area contributed by atoms with Gasteiger partial charge in [0.2, 0.25) is 0 Å². The lowest BCUT2D eigenvalue weighted by molar-refractivity contribution is 0.0991. The van der Waals surface area contributed by atoms with Gasteiger partial charge in [0, 0.05) is 16.8 Å². The smallest absolute Gasteiger partial charge is 0.187 e. The summed E-state index contributed by atoms with van der Waals surface area (Å²) < 4.78 is 5.11. The minimum absolute atomic E-state index is 0.0587. The molecule has 1 aromatic carbocycles. The first-order valence-corrected chi connectivity index (χ1v) is 7.46. The number of hydrogen-bond donors (Lipinski definition) is 0. The van der Waals surface area contributed by atoms with E-state index in [0.29, 0.717) is 27.2 Å². The molecule has 0 spiro atoms. The second-order valence-electron chi connectivity index (χ2n) is 4.01. The van der Waals surface area contributed by atoms with Crippen LogP contribution < -0.4 is 4.74 Å². The predicted octanol–water partition coefficient (Wildman–Crippen LogP) is 3.29. The summed E-state index contributed by atoms with van der Waals surface area (Å²) in [5, 5.41) is 1.12. The number of nitrogens with zero attached hydrogens (tertiary/aromatic N) is 2. The van der Waals surface area contributed by atoms with Gasteiger partial charge in [-0.25, -0.2) is 9.97 Å². The third-order valence-corrected chi connectivity index (χ3v) is 3.42. The second kappa shape index (κ2) is 6.72. The first kappa shape index (κ1) is 14.8. The minimum atomic E-state index is -0.0587. The average molecular weight is 309 g/mol. The molecule has 0 radical (unpaired) electrons. The number of carbonyl (C=O) groups is 1. The summed E-state index contributed by atoms with van der Waals surface area (Å²) in [5.74, 6) is 0.505. The number of ketones is 1. The maximum Gasteiger partial charge on any atom is 0.187 e. The molecule has 0 fully saturated rings. The van der Waals surface area contributed by atoms with Crippen molar-refractivity contribution in [3.05, 3.63) is 46.7 Å². The van der Waals surface area contributed by atoms with Crippen molar-refractivity contribution in [2.45, 2.75) is 11.6 Å². The average Bonchev–Trinajstić information content (AvgIpc) is 2.46. The van der Waals surface area contributed by atoms with Gasteiger partial charge in [0.15, 0.2) is 10.9 Å². The van der Waals surface area contributed by atoms with Gasteiger partial charge in [-0.2, -0.15) is 0 Å². The van der Waals surface area contributed by atoms with Gasteiger partial charge in [0.05, 0.1) is 19.2 Å². The highest BCUT2D eigenvalue weighted by Gasteiger charge is 2.11. The Morgan fingerprint density at radius 2 is 2.20 bits per heavy atom. The fraction of sp³-hybridized carbons (Fsp3) is 0.214. The Bertz CT molecular complexity index is 634. The van der Waals surface area contributed by atoms with Gasteiger partial charge in [-0.15, -0.1) is 0 Å². The van der Waals surface area contributed by atoms with Gasteiger partial charge in [0.25, 0.3) is 0 Å². The van der Waals surface area contributed by atoms with Gasteiger partial charge in [-0.1, -0.05) is 23.4 Å². The number of carbonyl (C=O) groups excluding carboxylic acids is 1. The Morgan fingerprint density at radius 1 is 1.40 bits per heavy atom. The molecule has 0 atom stereocenters. The fourth-order valence-electron chi connectivity index (χ4n) is 1.68. The Balaban J connectivity index is 2.21. The molecule has 2 rings (SSSR count). The number of methoxy groups -OCH3 is 1. The fourth-order valence-corrected chi connectivity index (χ4v) is 2.28. The lowest BCUT2D eigenvalue weighted by Crippen LogP contribution is -2.06. The highest BCUT2D eigenvalue weighted by atomic mass is 35.5. The molecule has 0 bridgehead atoms. The molecule has 0 aliphatic carbocycles. The summed E-state index contributed by atoms with van der Waals surface area (Å²) in [6, 6.07) is 6.70. The Labute approximate surface area is 126 Å². The molecule has 1 aromatic heterocycles. The van der Waals surface area contributed by atoms with E-state index in [9.17, 15) is 4.79 Å². The molecule has 1 heterocycles. The lowest BCUT2D eigenvalue weighted by atomic mass is 10.1. The quantitative estimate of drug-likeness (QED) is 0.482. The maximum atomic E-state index is 12.3. The number of aromatic nitrogens is 2. The van der Waals surface area contributed by atoms with Crippen LogP contribution in [-0.2, 0) is 6.42 Å². The van der Waals surface area contributed by atoms with Gasteiger partial charge in [-0.3, -0.25) is 4.79 Å². The van der Waals surface area contributed by atoms with Crippen LogP contribution >= 0.6 is 23.4 Å². The van der Waals surface area contributed by atoms with Crippen LogP contribution in [0.25, 0.3) is 0 Å². The number of Topliss-reactive ketones (excluding diaryl/α,β-unsaturated/α-hetero) is 1. The van der Waals surface area contributed by atoms with Crippen molar-refractivity contribution in [2.24, 2.45) is 0 Å². The molecule has 4 nitrogen and oxygen atoms in total. The van der Waals surface area contributed by atoms with Crippen LogP contribution in [0.5, 0.6) is 5.75 Å². The number of halogens is 1. The molecule has 0 aliphatic rings. The van der Waals surface area contributed by atoms with Gasteiger partial charge in [0.1, 0.15) is 5.75 Å². The number of thioether (sulfide) groups is 1. The van der Waals surface area contributed by atoms with E-state index in [1.807, 2.05) is 6.26 Å². The molecular formula is C14H13ClN2O2S. The Hall–Kier alpha value is -1.59. The Kier molecular flexibility index (Phi) is 4.98. The van der Waals surface area contributed by atoms with Gasteiger partial charge in [-0.05, 0) is 30.5 Å².